The second-order valence-electron chi connectivity index (χ2n) is 5.26. The Morgan fingerprint density at radius 2 is 2.36 bits per heavy atom. The molecule has 5 heteroatoms. The predicted molar refractivity (Wildman–Crippen MR) is 86.7 cm³/mol. The average molecular weight is 297 g/mol. The molecule has 0 saturated heterocycles. The van der Waals surface area contributed by atoms with Gasteiger partial charge in [0.1, 0.15) is 5.75 Å². The molecule has 0 unspecified atom stereocenters. The molecule has 1 amide bonds. The molecule has 0 saturated carbocycles. The number of ether oxygens (including phenoxy) is 1. The number of H-pyrrole nitrogens is 1. The number of benzene rings is 1. The fourth-order valence-corrected chi connectivity index (χ4v) is 2.57. The fourth-order valence-electron chi connectivity index (χ4n) is 2.57. The first kappa shape index (κ1) is 14.4. The molecule has 1 aliphatic heterocycles. The molecular formula is C17H19N3O2. The van der Waals surface area contributed by atoms with E-state index in [9.17, 15) is 4.79 Å². The van der Waals surface area contributed by atoms with Gasteiger partial charge in [-0.2, -0.15) is 0 Å². The van der Waals surface area contributed by atoms with Crippen LogP contribution in [-0.4, -0.2) is 29.5 Å². The number of anilines is 1. The summed E-state index contributed by atoms with van der Waals surface area (Å²) in [5.74, 6) is 0.953. The van der Waals surface area contributed by atoms with E-state index in [2.05, 4.69) is 16.0 Å². The van der Waals surface area contributed by atoms with Gasteiger partial charge in [0.05, 0.1) is 24.8 Å². The normalized spacial score (nSPS) is 15.3. The van der Waals surface area contributed by atoms with E-state index in [4.69, 9.17) is 4.74 Å². The molecule has 22 heavy (non-hydrogen) atoms. The van der Waals surface area contributed by atoms with E-state index >= 15 is 0 Å². The highest BCUT2D eigenvalue weighted by Crippen LogP contribution is 2.36. The molecule has 0 atom stereocenters. The second-order valence-corrected chi connectivity index (χ2v) is 5.26. The zero-order valence-corrected chi connectivity index (χ0v) is 12.8. The molecule has 5 nitrogen and oxygen atoms in total. The molecule has 1 aliphatic rings. The largest absolute Gasteiger partial charge is 0.493 e. The van der Waals surface area contributed by atoms with Gasteiger partial charge in [-0.1, -0.05) is 6.92 Å². The van der Waals surface area contributed by atoms with Crippen LogP contribution in [0.2, 0.25) is 0 Å². The Hall–Kier alpha value is -2.56. The minimum atomic E-state index is 0.0933. The topological polar surface area (TPSA) is 58.2 Å². The van der Waals surface area contributed by atoms with Crippen molar-refractivity contribution in [3.05, 3.63) is 42.0 Å². The summed E-state index contributed by atoms with van der Waals surface area (Å²) in [6.07, 6.45) is 6.86. The van der Waals surface area contributed by atoms with Crippen molar-refractivity contribution in [1.82, 2.24) is 9.97 Å². The van der Waals surface area contributed by atoms with Crippen LogP contribution in [0.3, 0.4) is 0 Å². The van der Waals surface area contributed by atoms with Gasteiger partial charge in [0.25, 0.3) is 0 Å². The lowest BCUT2D eigenvalue weighted by Gasteiger charge is -2.23. The molecule has 1 aromatic heterocycles. The first-order valence-corrected chi connectivity index (χ1v) is 7.41. The molecule has 2 heterocycles. The van der Waals surface area contributed by atoms with Gasteiger partial charge in [0.15, 0.2) is 0 Å². The van der Waals surface area contributed by atoms with Crippen LogP contribution in [0, 0.1) is 0 Å². The number of fused-ring (bicyclic) bond motifs is 1. The Morgan fingerprint density at radius 1 is 1.50 bits per heavy atom. The predicted octanol–water partition coefficient (Wildman–Crippen LogP) is 3.11. The zero-order chi connectivity index (χ0) is 15.5. The van der Waals surface area contributed by atoms with Gasteiger partial charge in [-0.3, -0.25) is 4.79 Å². The number of carbonyl (C=O) groups excluding carboxylic acids is 1. The van der Waals surface area contributed by atoms with E-state index in [1.807, 2.05) is 25.1 Å². The van der Waals surface area contributed by atoms with Crippen LogP contribution in [0.25, 0.3) is 11.6 Å². The Balaban J connectivity index is 2.00. The van der Waals surface area contributed by atoms with Crippen LogP contribution < -0.4 is 9.64 Å². The minimum absolute atomic E-state index is 0.0933. The highest BCUT2D eigenvalue weighted by molar-refractivity contribution is 5.94. The third kappa shape index (κ3) is 2.74. The number of rotatable bonds is 3. The molecular weight excluding hydrogens is 278 g/mol. The van der Waals surface area contributed by atoms with Crippen molar-refractivity contribution >= 4 is 23.2 Å². The minimum Gasteiger partial charge on any atom is -0.493 e. The van der Waals surface area contributed by atoms with E-state index in [1.165, 1.54) is 5.57 Å². The van der Waals surface area contributed by atoms with E-state index in [-0.39, 0.29) is 5.91 Å². The summed E-state index contributed by atoms with van der Waals surface area (Å²) >= 11 is 0. The summed E-state index contributed by atoms with van der Waals surface area (Å²) in [6.45, 7) is 2.53. The van der Waals surface area contributed by atoms with Crippen molar-refractivity contribution in [1.29, 1.82) is 0 Å². The van der Waals surface area contributed by atoms with E-state index in [0.717, 1.165) is 29.1 Å². The fraction of sp³-hybridized carbons (Fsp3) is 0.294. The monoisotopic (exact) mass is 297 g/mol. The van der Waals surface area contributed by atoms with Crippen LogP contribution >= 0.6 is 0 Å². The van der Waals surface area contributed by atoms with Crippen LogP contribution in [-0.2, 0) is 4.79 Å². The van der Waals surface area contributed by atoms with Crippen LogP contribution in [0.4, 0.5) is 5.69 Å². The number of aromatic amines is 1. The molecule has 2 aromatic rings. The standard InChI is InChI=1S/C17H19N3O2/c1-3-17(21)20(2)14-4-5-16-15(9-14)12(6-7-22-16)8-13-10-18-11-19-13/h4-5,8-11H,3,6-7H2,1-2H3,(H,18,19)/b12-8+. The summed E-state index contributed by atoms with van der Waals surface area (Å²) in [7, 11) is 1.80. The summed E-state index contributed by atoms with van der Waals surface area (Å²) in [4.78, 5) is 20.7. The molecule has 1 N–H and O–H groups in total. The lowest BCUT2D eigenvalue weighted by atomic mass is 9.98. The maximum atomic E-state index is 11.9. The molecule has 3 rings (SSSR count). The first-order chi connectivity index (χ1) is 10.7. The lowest BCUT2D eigenvalue weighted by molar-refractivity contribution is -0.118. The van der Waals surface area contributed by atoms with Crippen molar-refractivity contribution in [2.45, 2.75) is 19.8 Å². The Bertz CT molecular complexity index is 705. The highest BCUT2D eigenvalue weighted by atomic mass is 16.5. The maximum Gasteiger partial charge on any atom is 0.226 e. The molecule has 0 fully saturated rings. The van der Waals surface area contributed by atoms with E-state index in [0.29, 0.717) is 13.0 Å². The second kappa shape index (κ2) is 6.05. The van der Waals surface area contributed by atoms with Crippen molar-refractivity contribution in [2.24, 2.45) is 0 Å². The number of aromatic nitrogens is 2. The van der Waals surface area contributed by atoms with E-state index in [1.54, 1.807) is 24.5 Å². The quantitative estimate of drug-likeness (QED) is 0.947. The summed E-state index contributed by atoms with van der Waals surface area (Å²) in [5, 5.41) is 0. The number of nitrogens with zero attached hydrogens (tertiary/aromatic N) is 2. The van der Waals surface area contributed by atoms with Crippen molar-refractivity contribution in [2.75, 3.05) is 18.6 Å². The average Bonchev–Trinajstić information content (AvgIpc) is 3.06. The van der Waals surface area contributed by atoms with Gasteiger partial charge in [0, 0.05) is 31.1 Å². The SMILES string of the molecule is CCC(=O)N(C)c1ccc2c(c1)/C(=C/c1cnc[nH]1)CCO2. The molecule has 0 bridgehead atoms. The summed E-state index contributed by atoms with van der Waals surface area (Å²) < 4.78 is 5.72. The first-order valence-electron chi connectivity index (χ1n) is 7.41. The number of hydrogen-bond acceptors (Lipinski definition) is 3. The van der Waals surface area contributed by atoms with Gasteiger partial charge in [0.2, 0.25) is 5.91 Å². The Kier molecular flexibility index (Phi) is 3.96. The third-order valence-corrected chi connectivity index (χ3v) is 3.85. The molecule has 0 aliphatic carbocycles. The Morgan fingerprint density at radius 3 is 3.09 bits per heavy atom. The van der Waals surface area contributed by atoms with E-state index < -0.39 is 0 Å². The number of amides is 1. The summed E-state index contributed by atoms with van der Waals surface area (Å²) in [5.41, 5.74) is 4.07. The van der Waals surface area contributed by atoms with Crippen molar-refractivity contribution in [3.8, 4) is 5.75 Å². The lowest BCUT2D eigenvalue weighted by Crippen LogP contribution is -2.25. The van der Waals surface area contributed by atoms with Crippen LogP contribution in [0.1, 0.15) is 31.0 Å². The molecule has 1 aromatic carbocycles. The smallest absolute Gasteiger partial charge is 0.226 e. The third-order valence-electron chi connectivity index (χ3n) is 3.85. The Labute approximate surface area is 129 Å². The van der Waals surface area contributed by atoms with Gasteiger partial charge >= 0.3 is 0 Å². The van der Waals surface area contributed by atoms with Crippen molar-refractivity contribution < 1.29 is 9.53 Å². The van der Waals surface area contributed by atoms with Gasteiger partial charge in [-0.05, 0) is 29.8 Å². The number of carbonyl (C=O) groups is 1. The number of imidazole rings is 1. The van der Waals surface area contributed by atoms with Crippen LogP contribution in [0.5, 0.6) is 5.75 Å². The highest BCUT2D eigenvalue weighted by Gasteiger charge is 2.18. The number of hydrogen-bond donors (Lipinski definition) is 1. The van der Waals surface area contributed by atoms with Gasteiger partial charge in [-0.15, -0.1) is 0 Å². The molecule has 0 radical (unpaired) electrons. The zero-order valence-electron chi connectivity index (χ0n) is 12.8. The molecule has 0 spiro atoms. The summed E-state index contributed by atoms with van der Waals surface area (Å²) in [6, 6.07) is 5.87. The van der Waals surface area contributed by atoms with Gasteiger partial charge in [-0.25, -0.2) is 4.98 Å². The van der Waals surface area contributed by atoms with Gasteiger partial charge < -0.3 is 14.6 Å². The molecule has 114 valence electrons. The maximum absolute atomic E-state index is 11.9. The van der Waals surface area contributed by atoms with Crippen molar-refractivity contribution in [3.63, 3.8) is 0 Å². The number of nitrogens with one attached hydrogen (secondary N) is 1. The van der Waals surface area contributed by atoms with Crippen LogP contribution in [0.15, 0.2) is 30.7 Å².